The first-order chi connectivity index (χ1) is 14.2. The van der Waals surface area contributed by atoms with E-state index in [9.17, 15) is 23.1 Å². The molecule has 0 aromatic carbocycles. The van der Waals surface area contributed by atoms with E-state index in [1.165, 1.54) is 11.3 Å². The maximum absolute atomic E-state index is 11.9. The summed E-state index contributed by atoms with van der Waals surface area (Å²) in [5.41, 5.74) is 0. The van der Waals surface area contributed by atoms with E-state index in [0.29, 0.717) is 25.7 Å². The Morgan fingerprint density at radius 2 is 2.10 bits per heavy atom. The average molecular weight is 461 g/mol. The van der Waals surface area contributed by atoms with Crippen LogP contribution in [0.5, 0.6) is 0 Å². The first-order valence-corrected chi connectivity index (χ1v) is 13.1. The molecule has 10 heteroatoms. The maximum Gasteiger partial charge on any atom is 0.274 e. The molecule has 8 nitrogen and oxygen atoms in total. The maximum atomic E-state index is 11.9. The molecule has 1 aromatic rings. The van der Waals surface area contributed by atoms with E-state index < -0.39 is 15.9 Å². The first kappa shape index (κ1) is 24.8. The third-order valence-corrected chi connectivity index (χ3v) is 6.62. The number of thiophene rings is 1. The van der Waals surface area contributed by atoms with Gasteiger partial charge in [0.2, 0.25) is 15.9 Å². The number of carbonyl (C=O) groups is 2. The number of hydrogen-bond donors (Lipinski definition) is 3. The van der Waals surface area contributed by atoms with Crippen LogP contribution in [0.25, 0.3) is 0 Å². The Bertz CT molecular complexity index is 808. The van der Waals surface area contributed by atoms with Crippen molar-refractivity contribution in [1.29, 1.82) is 0 Å². The summed E-state index contributed by atoms with van der Waals surface area (Å²) >= 11 is 1.17. The Balaban J connectivity index is 1.91. The van der Waals surface area contributed by atoms with E-state index in [1.807, 2.05) is 4.72 Å². The summed E-state index contributed by atoms with van der Waals surface area (Å²) in [4.78, 5) is 24.6. The first-order valence-electron chi connectivity index (χ1n) is 10.4. The second-order valence-electron chi connectivity index (χ2n) is 7.76. The van der Waals surface area contributed by atoms with Crippen molar-refractivity contribution in [3.8, 4) is 0 Å². The fourth-order valence-electron chi connectivity index (χ4n) is 3.43. The minimum atomic E-state index is -3.62. The molecule has 0 radical (unpaired) electrons. The molecule has 0 bridgehead atoms. The summed E-state index contributed by atoms with van der Waals surface area (Å²) in [6.07, 6.45) is 6.69. The fraction of sp³-hybridized carbons (Fsp3) is 0.700. The van der Waals surface area contributed by atoms with Gasteiger partial charge in [0.15, 0.2) is 0 Å². The topological polar surface area (TPSA) is 122 Å². The van der Waals surface area contributed by atoms with Gasteiger partial charge in [-0.15, -0.1) is 11.3 Å². The molecule has 1 aromatic heterocycles. The Morgan fingerprint density at radius 1 is 1.33 bits per heavy atom. The Labute approximate surface area is 182 Å². The van der Waals surface area contributed by atoms with Crippen molar-refractivity contribution >= 4 is 33.2 Å². The third kappa shape index (κ3) is 8.71. The molecule has 0 aliphatic carbocycles. The number of ether oxygens (including phenoxy) is 1. The van der Waals surface area contributed by atoms with Crippen LogP contribution >= 0.6 is 11.3 Å². The number of aliphatic hydroxyl groups excluding tert-OH is 1. The van der Waals surface area contributed by atoms with E-state index in [-0.39, 0.29) is 35.6 Å². The molecule has 0 saturated carbocycles. The molecular formula is C20H32N2O6S2. The Morgan fingerprint density at radius 3 is 2.73 bits per heavy atom. The van der Waals surface area contributed by atoms with Crippen LogP contribution in [0, 0.1) is 0 Å². The molecule has 2 amide bonds. The lowest BCUT2D eigenvalue weighted by Crippen LogP contribution is -2.38. The molecule has 2 rings (SSSR count). The van der Waals surface area contributed by atoms with E-state index in [4.69, 9.17) is 4.74 Å². The molecule has 2 unspecified atom stereocenters. The Hall–Kier alpha value is -1.49. The van der Waals surface area contributed by atoms with Gasteiger partial charge in [-0.3, -0.25) is 9.59 Å². The third-order valence-electron chi connectivity index (χ3n) is 5.01. The summed E-state index contributed by atoms with van der Waals surface area (Å²) in [5, 5.41) is 13.2. The summed E-state index contributed by atoms with van der Waals surface area (Å²) in [7, 11) is -3.62. The van der Waals surface area contributed by atoms with Crippen molar-refractivity contribution < 1.29 is 27.9 Å². The van der Waals surface area contributed by atoms with Gasteiger partial charge in [-0.05, 0) is 37.8 Å². The van der Waals surface area contributed by atoms with Gasteiger partial charge >= 0.3 is 0 Å². The minimum Gasteiger partial charge on any atom is -0.393 e. The fourth-order valence-corrected chi connectivity index (χ4v) is 4.77. The van der Waals surface area contributed by atoms with Crippen LogP contribution in [0.3, 0.4) is 0 Å². The molecule has 30 heavy (non-hydrogen) atoms. The number of rotatable bonds is 13. The number of sulfonamides is 1. The van der Waals surface area contributed by atoms with Crippen LogP contribution in [0.2, 0.25) is 0 Å². The average Bonchev–Trinajstić information content (AvgIpc) is 3.30. The van der Waals surface area contributed by atoms with Crippen LogP contribution in [-0.4, -0.2) is 49.8 Å². The van der Waals surface area contributed by atoms with Gasteiger partial charge in [-0.1, -0.05) is 26.2 Å². The molecule has 3 atom stereocenters. The van der Waals surface area contributed by atoms with E-state index in [0.717, 1.165) is 36.8 Å². The highest BCUT2D eigenvalue weighted by atomic mass is 32.2. The van der Waals surface area contributed by atoms with Gasteiger partial charge in [-0.25, -0.2) is 13.1 Å². The zero-order valence-electron chi connectivity index (χ0n) is 17.6. The van der Waals surface area contributed by atoms with Crippen LogP contribution < -0.4 is 10.0 Å². The molecule has 1 saturated heterocycles. The number of hydrogen-bond acceptors (Lipinski definition) is 7. The summed E-state index contributed by atoms with van der Waals surface area (Å²) < 4.78 is 30.4. The molecular weight excluding hydrogens is 428 g/mol. The summed E-state index contributed by atoms with van der Waals surface area (Å²) in [5.74, 6) is -0.656. The van der Waals surface area contributed by atoms with Gasteiger partial charge in [0.1, 0.15) is 0 Å². The normalized spacial score (nSPS) is 18.8. The SMILES string of the molecule is CCCCC[C@H](O)CCC(OCc1ccc(C(=O)NS(C)(=O)=O)s1)C1CCC(=O)N1. The number of aliphatic hydroxyl groups is 1. The molecule has 1 aliphatic heterocycles. The van der Waals surface area contributed by atoms with Gasteiger partial charge in [0.25, 0.3) is 5.91 Å². The number of carbonyl (C=O) groups excluding carboxylic acids is 2. The lowest BCUT2D eigenvalue weighted by molar-refractivity contribution is -0.120. The van der Waals surface area contributed by atoms with Gasteiger partial charge in [0, 0.05) is 11.3 Å². The zero-order valence-corrected chi connectivity index (χ0v) is 19.2. The molecule has 170 valence electrons. The quantitative estimate of drug-likeness (QED) is 0.388. The lowest BCUT2D eigenvalue weighted by atomic mass is 9.99. The highest BCUT2D eigenvalue weighted by Gasteiger charge is 2.30. The highest BCUT2D eigenvalue weighted by molar-refractivity contribution is 7.89. The van der Waals surface area contributed by atoms with E-state index in [1.54, 1.807) is 12.1 Å². The molecule has 1 fully saturated rings. The predicted octanol–water partition coefficient (Wildman–Crippen LogP) is 2.32. The Kier molecular flexibility index (Phi) is 9.73. The molecule has 3 N–H and O–H groups in total. The molecule has 0 spiro atoms. The van der Waals surface area contributed by atoms with Crippen molar-refractivity contribution in [3.63, 3.8) is 0 Å². The number of nitrogens with one attached hydrogen (secondary N) is 2. The number of unbranched alkanes of at least 4 members (excludes halogenated alkanes) is 2. The van der Waals surface area contributed by atoms with Crippen molar-refractivity contribution in [2.75, 3.05) is 6.26 Å². The van der Waals surface area contributed by atoms with Crippen LogP contribution in [0.4, 0.5) is 0 Å². The zero-order chi connectivity index (χ0) is 22.1. The monoisotopic (exact) mass is 460 g/mol. The summed E-state index contributed by atoms with van der Waals surface area (Å²) in [6.45, 7) is 2.37. The van der Waals surface area contributed by atoms with Crippen LogP contribution in [0.15, 0.2) is 12.1 Å². The minimum absolute atomic E-state index is 0.00736. The van der Waals surface area contributed by atoms with Gasteiger partial charge < -0.3 is 15.2 Å². The van der Waals surface area contributed by atoms with Gasteiger partial charge in [-0.2, -0.15) is 0 Å². The highest BCUT2D eigenvalue weighted by Crippen LogP contribution is 2.23. The largest absolute Gasteiger partial charge is 0.393 e. The van der Waals surface area contributed by atoms with Crippen molar-refractivity contribution in [2.24, 2.45) is 0 Å². The van der Waals surface area contributed by atoms with E-state index >= 15 is 0 Å². The molecule has 2 heterocycles. The second kappa shape index (κ2) is 11.8. The number of amides is 2. The standard InChI is InChI=1S/C20H32N2O6S2/c1-3-4-5-6-14(23)7-10-17(16-9-12-19(24)21-16)28-13-15-8-11-18(29-15)20(25)22-30(2,26)27/h8,11,14,16-17,23H,3-7,9-10,12-13H2,1-2H3,(H,21,24)(H,22,25)/t14-,16?,17?/m0/s1. The van der Waals surface area contributed by atoms with Crippen LogP contribution in [0.1, 0.15) is 72.8 Å². The van der Waals surface area contributed by atoms with Crippen LogP contribution in [-0.2, 0) is 26.2 Å². The predicted molar refractivity (Wildman–Crippen MR) is 116 cm³/mol. The summed E-state index contributed by atoms with van der Waals surface area (Å²) in [6, 6.07) is 3.20. The lowest BCUT2D eigenvalue weighted by Gasteiger charge is -2.25. The van der Waals surface area contributed by atoms with Crippen molar-refractivity contribution in [1.82, 2.24) is 10.0 Å². The smallest absolute Gasteiger partial charge is 0.274 e. The van der Waals surface area contributed by atoms with Gasteiger partial charge in [0.05, 0.1) is 36.0 Å². The van der Waals surface area contributed by atoms with Crippen molar-refractivity contribution in [3.05, 3.63) is 21.9 Å². The van der Waals surface area contributed by atoms with Crippen molar-refractivity contribution in [2.45, 2.75) is 83.1 Å². The second-order valence-corrected chi connectivity index (χ2v) is 10.7. The van der Waals surface area contributed by atoms with E-state index in [2.05, 4.69) is 12.2 Å². The molecule has 1 aliphatic rings.